The first-order valence-electron chi connectivity index (χ1n) is 12.0. The van der Waals surface area contributed by atoms with Crippen molar-refractivity contribution in [1.29, 1.82) is 0 Å². The van der Waals surface area contributed by atoms with E-state index < -0.39 is 29.4 Å². The van der Waals surface area contributed by atoms with Crippen molar-refractivity contribution in [3.8, 4) is 0 Å². The van der Waals surface area contributed by atoms with Gasteiger partial charge in [-0.15, -0.1) is 0 Å². The minimum atomic E-state index is -1.78. The number of rotatable bonds is 4. The van der Waals surface area contributed by atoms with Crippen molar-refractivity contribution in [3.05, 3.63) is 0 Å². The Balaban J connectivity index is 1.57. The van der Waals surface area contributed by atoms with Gasteiger partial charge in [-0.2, -0.15) is 0 Å². The molecule has 4 rings (SSSR count). The van der Waals surface area contributed by atoms with E-state index in [9.17, 15) is 24.3 Å². The predicted octanol–water partition coefficient (Wildman–Crippen LogP) is 3.00. The van der Waals surface area contributed by atoms with E-state index in [0.29, 0.717) is 18.8 Å². The number of carbonyl (C=O) groups is 4. The largest absolute Gasteiger partial charge is 0.463 e. The van der Waals surface area contributed by atoms with Crippen LogP contribution in [0, 0.1) is 34.5 Å². The van der Waals surface area contributed by atoms with Crippen molar-refractivity contribution in [1.82, 2.24) is 0 Å². The lowest BCUT2D eigenvalue weighted by molar-refractivity contribution is -0.184. The summed E-state index contributed by atoms with van der Waals surface area (Å²) in [4.78, 5) is 49.2. The summed E-state index contributed by atoms with van der Waals surface area (Å²) in [6.07, 6.45) is 5.74. The van der Waals surface area contributed by atoms with E-state index in [1.807, 2.05) is 0 Å². The number of carbonyl (C=O) groups excluding carboxylic acids is 4. The van der Waals surface area contributed by atoms with Gasteiger partial charge in [-0.25, -0.2) is 0 Å². The molecular weight excluding hydrogens is 412 g/mol. The second-order valence-electron chi connectivity index (χ2n) is 11.1. The number of esters is 2. The topological polar surface area (TPSA) is 107 Å². The van der Waals surface area contributed by atoms with Crippen molar-refractivity contribution in [2.45, 2.75) is 90.8 Å². The van der Waals surface area contributed by atoms with Gasteiger partial charge in [0.05, 0.1) is 5.41 Å². The van der Waals surface area contributed by atoms with E-state index in [1.165, 1.54) is 13.8 Å². The summed E-state index contributed by atoms with van der Waals surface area (Å²) in [5.74, 6) is -0.563. The highest BCUT2D eigenvalue weighted by atomic mass is 16.5. The molecule has 0 aromatic rings. The van der Waals surface area contributed by atoms with E-state index in [2.05, 4.69) is 6.92 Å². The summed E-state index contributed by atoms with van der Waals surface area (Å²) >= 11 is 0. The van der Waals surface area contributed by atoms with Gasteiger partial charge in [0.15, 0.2) is 6.61 Å². The smallest absolute Gasteiger partial charge is 0.303 e. The Labute approximate surface area is 189 Å². The summed E-state index contributed by atoms with van der Waals surface area (Å²) in [7, 11) is 0. The first-order valence-corrected chi connectivity index (χ1v) is 12.0. The molecule has 0 heterocycles. The molecule has 0 amide bonds. The number of aliphatic hydroxyl groups is 1. The predicted molar refractivity (Wildman–Crippen MR) is 114 cm³/mol. The van der Waals surface area contributed by atoms with E-state index >= 15 is 0 Å². The van der Waals surface area contributed by atoms with E-state index in [-0.39, 0.29) is 47.4 Å². The third kappa shape index (κ3) is 3.34. The molecule has 0 radical (unpaired) electrons. The maximum absolute atomic E-state index is 13.6. The summed E-state index contributed by atoms with van der Waals surface area (Å²) in [5, 5.41) is 11.5. The normalized spacial score (nSPS) is 45.3. The van der Waals surface area contributed by atoms with Crippen LogP contribution in [0.1, 0.15) is 79.1 Å². The Bertz CT molecular complexity index is 836. The fourth-order valence-corrected chi connectivity index (χ4v) is 8.03. The highest BCUT2D eigenvalue weighted by molar-refractivity contribution is 5.99. The van der Waals surface area contributed by atoms with Crippen LogP contribution in [0.15, 0.2) is 0 Å². The van der Waals surface area contributed by atoms with Crippen LogP contribution in [0.2, 0.25) is 0 Å². The Morgan fingerprint density at radius 1 is 1.00 bits per heavy atom. The average molecular weight is 449 g/mol. The van der Waals surface area contributed by atoms with E-state index in [1.54, 1.807) is 6.92 Å². The Morgan fingerprint density at radius 3 is 2.38 bits per heavy atom. The lowest BCUT2D eigenvalue weighted by Crippen LogP contribution is -2.63. The fourth-order valence-electron chi connectivity index (χ4n) is 8.03. The molecule has 0 spiro atoms. The molecule has 1 N–H and O–H groups in total. The van der Waals surface area contributed by atoms with Crippen molar-refractivity contribution in [2.24, 2.45) is 34.5 Å². The van der Waals surface area contributed by atoms with Crippen molar-refractivity contribution in [2.75, 3.05) is 6.61 Å². The van der Waals surface area contributed by atoms with Gasteiger partial charge in [0.25, 0.3) is 0 Å². The number of ketones is 2. The Kier molecular flexibility index (Phi) is 5.80. The molecular formula is C25H36O7. The Hall–Kier alpha value is -1.76. The van der Waals surface area contributed by atoms with Crippen molar-refractivity contribution >= 4 is 23.5 Å². The van der Waals surface area contributed by atoms with Gasteiger partial charge < -0.3 is 14.6 Å². The number of ether oxygens (including phenoxy) is 2. The summed E-state index contributed by atoms with van der Waals surface area (Å²) < 4.78 is 10.4. The maximum atomic E-state index is 13.6. The monoisotopic (exact) mass is 448 g/mol. The van der Waals surface area contributed by atoms with Crippen LogP contribution in [-0.2, 0) is 28.7 Å². The van der Waals surface area contributed by atoms with Crippen LogP contribution in [-0.4, -0.2) is 46.9 Å². The fraction of sp³-hybridized carbons (Fsp3) is 0.840. The van der Waals surface area contributed by atoms with Crippen LogP contribution in [0.5, 0.6) is 0 Å². The standard InChI is InChI=1S/C25H36O7/c1-14(26)31-13-22(29)25(30)10-8-19-18-6-5-16-11-17(32-15(2)27)7-9-23(16,3)20(18)12-21(28)24(19,25)4/h16-20,30H,5-13H2,1-4H3/t16-,17-,18-,19-,20-,23-,24+,25+/m0/s1. The zero-order valence-corrected chi connectivity index (χ0v) is 19.6. The van der Waals surface area contributed by atoms with Crippen LogP contribution >= 0.6 is 0 Å². The van der Waals surface area contributed by atoms with Crippen LogP contribution in [0.25, 0.3) is 0 Å². The third-order valence-electron chi connectivity index (χ3n) is 9.82. The number of hydrogen-bond donors (Lipinski definition) is 1. The molecule has 0 aromatic carbocycles. The highest BCUT2D eigenvalue weighted by Gasteiger charge is 2.70. The molecule has 0 bridgehead atoms. The molecule has 0 aliphatic heterocycles. The molecule has 7 nitrogen and oxygen atoms in total. The quantitative estimate of drug-likeness (QED) is 0.659. The van der Waals surface area contributed by atoms with Gasteiger partial charge in [0.2, 0.25) is 5.78 Å². The van der Waals surface area contributed by atoms with Gasteiger partial charge >= 0.3 is 11.9 Å². The average Bonchev–Trinajstić information content (AvgIpc) is 3.00. The van der Waals surface area contributed by atoms with E-state index in [0.717, 1.165) is 32.1 Å². The maximum Gasteiger partial charge on any atom is 0.303 e. The molecule has 32 heavy (non-hydrogen) atoms. The SMILES string of the molecule is CC(=O)OCC(=O)[C@]1(O)CC[C@H]2[C@@H]3CC[C@H]4C[C@@H](OC(C)=O)CC[C@]4(C)[C@H]3CC(=O)[C@@]21C. The summed E-state index contributed by atoms with van der Waals surface area (Å²) in [6, 6.07) is 0. The minimum absolute atomic E-state index is 0.000981. The number of hydrogen-bond acceptors (Lipinski definition) is 7. The lowest BCUT2D eigenvalue weighted by Gasteiger charge is -2.60. The van der Waals surface area contributed by atoms with Gasteiger partial charge in [-0.05, 0) is 81.0 Å². The zero-order valence-electron chi connectivity index (χ0n) is 19.6. The van der Waals surface area contributed by atoms with Gasteiger partial charge in [0.1, 0.15) is 17.5 Å². The van der Waals surface area contributed by atoms with Crippen LogP contribution in [0.3, 0.4) is 0 Å². The third-order valence-corrected chi connectivity index (χ3v) is 9.82. The second-order valence-corrected chi connectivity index (χ2v) is 11.1. The minimum Gasteiger partial charge on any atom is -0.463 e. The first kappa shape index (κ1) is 23.4. The molecule has 178 valence electrons. The first-order chi connectivity index (χ1) is 14.9. The molecule has 4 aliphatic rings. The molecule has 4 fully saturated rings. The molecule has 4 saturated carbocycles. The molecule has 0 unspecified atom stereocenters. The number of Topliss-reactive ketones (excluding diaryl/α,β-unsaturated/α-hetero) is 2. The Morgan fingerprint density at radius 2 is 1.72 bits per heavy atom. The molecule has 7 heteroatoms. The summed E-state index contributed by atoms with van der Waals surface area (Å²) in [5.41, 5.74) is -2.91. The molecule has 0 saturated heterocycles. The van der Waals surface area contributed by atoms with Crippen molar-refractivity contribution < 1.29 is 33.8 Å². The van der Waals surface area contributed by atoms with Crippen molar-refractivity contribution in [3.63, 3.8) is 0 Å². The summed E-state index contributed by atoms with van der Waals surface area (Å²) in [6.45, 7) is 6.24. The molecule has 0 aromatic heterocycles. The second kappa shape index (κ2) is 7.93. The number of fused-ring (bicyclic) bond motifs is 5. The molecule has 8 atom stereocenters. The zero-order chi connectivity index (χ0) is 23.5. The molecule has 4 aliphatic carbocycles. The lowest BCUT2D eigenvalue weighted by atomic mass is 9.44. The van der Waals surface area contributed by atoms with Crippen LogP contribution < -0.4 is 0 Å². The van der Waals surface area contributed by atoms with Gasteiger partial charge in [0, 0.05) is 20.3 Å². The van der Waals surface area contributed by atoms with Gasteiger partial charge in [-0.3, -0.25) is 19.2 Å². The van der Waals surface area contributed by atoms with E-state index in [4.69, 9.17) is 9.47 Å². The van der Waals surface area contributed by atoms with Gasteiger partial charge in [-0.1, -0.05) is 6.92 Å². The van der Waals surface area contributed by atoms with Crippen LogP contribution in [0.4, 0.5) is 0 Å². The highest BCUT2D eigenvalue weighted by Crippen LogP contribution is 2.67.